The van der Waals surface area contributed by atoms with Crippen LogP contribution in [0.3, 0.4) is 0 Å². The molecule has 0 aliphatic carbocycles. The molecule has 332 valence electrons. The van der Waals surface area contributed by atoms with Crippen LogP contribution in [0, 0.1) is 0 Å². The summed E-state index contributed by atoms with van der Waals surface area (Å²) in [5, 5.41) is 0. The standard InChI is InChI=1S/C52H88O6/c1-4-7-10-13-16-19-21-23-25-27-28-30-33-36-39-42-45-51(54)57-48-49(47-56-50(53)44-41-38-35-32-18-15-12-9-6-3)58-52(55)46-43-40-37-34-31-29-26-24-22-20-17-14-11-8-5-2/h7,10,16,19-20,22-23,25,28,30,32,35,49H,4-6,8-9,11-15,17-18,21,24,26-27,29,31,33-34,36-48H2,1-3H3/b10-7-,19-16-,22-20-,25-23-,30-28-,35-32-. The zero-order valence-electron chi connectivity index (χ0n) is 37.8. The Labute approximate surface area is 357 Å². The molecule has 6 heteroatoms. The van der Waals surface area contributed by atoms with Crippen LogP contribution in [-0.4, -0.2) is 37.2 Å². The SMILES string of the molecule is CC/C=C\C/C=C\C/C=C\C/C=C\CCCCCC(=O)OCC(COC(=O)CCC/C=C\CCCCCC)OC(=O)CCCCCCCCC/C=C\CCCCCC. The molecule has 1 unspecified atom stereocenters. The van der Waals surface area contributed by atoms with E-state index in [2.05, 4.69) is 93.7 Å². The van der Waals surface area contributed by atoms with Gasteiger partial charge >= 0.3 is 17.9 Å². The lowest BCUT2D eigenvalue weighted by Crippen LogP contribution is -2.30. The van der Waals surface area contributed by atoms with Crippen molar-refractivity contribution in [3.05, 3.63) is 72.9 Å². The quantitative estimate of drug-likeness (QED) is 0.0264. The summed E-state index contributed by atoms with van der Waals surface area (Å²) in [5.41, 5.74) is 0. The third-order valence-electron chi connectivity index (χ3n) is 9.91. The molecule has 0 aromatic rings. The molecule has 0 N–H and O–H groups in total. The third-order valence-corrected chi connectivity index (χ3v) is 9.91. The molecule has 0 rings (SSSR count). The number of hydrogen-bond acceptors (Lipinski definition) is 6. The summed E-state index contributed by atoms with van der Waals surface area (Å²) >= 11 is 0. The van der Waals surface area contributed by atoms with Crippen LogP contribution in [0.5, 0.6) is 0 Å². The first-order valence-electron chi connectivity index (χ1n) is 23.9. The van der Waals surface area contributed by atoms with E-state index >= 15 is 0 Å². The van der Waals surface area contributed by atoms with Gasteiger partial charge in [0.2, 0.25) is 0 Å². The maximum Gasteiger partial charge on any atom is 0.306 e. The van der Waals surface area contributed by atoms with Gasteiger partial charge in [-0.05, 0) is 103 Å². The van der Waals surface area contributed by atoms with Crippen LogP contribution in [0.2, 0.25) is 0 Å². The fourth-order valence-electron chi connectivity index (χ4n) is 6.31. The summed E-state index contributed by atoms with van der Waals surface area (Å²) in [5.74, 6) is -0.975. The molecular weight excluding hydrogens is 721 g/mol. The molecule has 0 bridgehead atoms. The average molecular weight is 809 g/mol. The van der Waals surface area contributed by atoms with Crippen molar-refractivity contribution in [1.82, 2.24) is 0 Å². The van der Waals surface area contributed by atoms with Crippen LogP contribution >= 0.6 is 0 Å². The second-order valence-electron chi connectivity index (χ2n) is 15.6. The first-order valence-corrected chi connectivity index (χ1v) is 23.9. The van der Waals surface area contributed by atoms with E-state index in [-0.39, 0.29) is 31.1 Å². The van der Waals surface area contributed by atoms with E-state index in [1.165, 1.54) is 89.9 Å². The average Bonchev–Trinajstić information content (AvgIpc) is 3.22. The van der Waals surface area contributed by atoms with Gasteiger partial charge in [0, 0.05) is 19.3 Å². The van der Waals surface area contributed by atoms with Crippen molar-refractivity contribution in [3.63, 3.8) is 0 Å². The van der Waals surface area contributed by atoms with Crippen LogP contribution in [-0.2, 0) is 28.6 Å². The molecule has 0 aliphatic rings. The van der Waals surface area contributed by atoms with E-state index in [0.717, 1.165) is 83.5 Å². The van der Waals surface area contributed by atoms with Crippen LogP contribution in [0.25, 0.3) is 0 Å². The number of rotatable bonds is 42. The number of hydrogen-bond donors (Lipinski definition) is 0. The Kier molecular flexibility index (Phi) is 44.0. The van der Waals surface area contributed by atoms with E-state index in [9.17, 15) is 14.4 Å². The Morgan fingerprint density at radius 2 is 0.690 bits per heavy atom. The minimum absolute atomic E-state index is 0.103. The van der Waals surface area contributed by atoms with Gasteiger partial charge in [0.05, 0.1) is 0 Å². The predicted molar refractivity (Wildman–Crippen MR) is 247 cm³/mol. The number of unbranched alkanes of at least 4 members (excludes halogenated alkanes) is 19. The van der Waals surface area contributed by atoms with Gasteiger partial charge in [0.25, 0.3) is 0 Å². The molecule has 1 atom stereocenters. The molecule has 0 aromatic heterocycles. The molecule has 0 aliphatic heterocycles. The summed E-state index contributed by atoms with van der Waals surface area (Å²) in [6.45, 7) is 6.41. The van der Waals surface area contributed by atoms with E-state index in [1.807, 2.05) is 0 Å². The van der Waals surface area contributed by atoms with E-state index in [0.29, 0.717) is 25.7 Å². The van der Waals surface area contributed by atoms with Crippen molar-refractivity contribution in [2.45, 2.75) is 226 Å². The Morgan fingerprint density at radius 1 is 0.362 bits per heavy atom. The first kappa shape index (κ1) is 54.9. The molecule has 58 heavy (non-hydrogen) atoms. The van der Waals surface area contributed by atoms with Crippen molar-refractivity contribution in [3.8, 4) is 0 Å². The second-order valence-corrected chi connectivity index (χ2v) is 15.6. The van der Waals surface area contributed by atoms with Crippen molar-refractivity contribution < 1.29 is 28.6 Å². The highest BCUT2D eigenvalue weighted by Gasteiger charge is 2.19. The van der Waals surface area contributed by atoms with Crippen molar-refractivity contribution in [1.29, 1.82) is 0 Å². The zero-order chi connectivity index (χ0) is 42.3. The van der Waals surface area contributed by atoms with Gasteiger partial charge in [-0.25, -0.2) is 0 Å². The normalized spacial score (nSPS) is 12.7. The molecule has 0 fully saturated rings. The van der Waals surface area contributed by atoms with Crippen molar-refractivity contribution >= 4 is 17.9 Å². The second kappa shape index (κ2) is 46.5. The summed E-state index contributed by atoms with van der Waals surface area (Å²) in [6, 6.07) is 0. The summed E-state index contributed by atoms with van der Waals surface area (Å²) in [6.07, 6.45) is 57.5. The minimum atomic E-state index is -0.799. The van der Waals surface area contributed by atoms with Crippen molar-refractivity contribution in [2.75, 3.05) is 13.2 Å². The van der Waals surface area contributed by atoms with Gasteiger partial charge in [-0.3, -0.25) is 14.4 Å². The maximum atomic E-state index is 12.7. The molecule has 6 nitrogen and oxygen atoms in total. The fraction of sp³-hybridized carbons (Fsp3) is 0.712. The lowest BCUT2D eigenvalue weighted by atomic mass is 10.1. The van der Waals surface area contributed by atoms with Crippen LogP contribution in [0.1, 0.15) is 220 Å². The third kappa shape index (κ3) is 44.0. The largest absolute Gasteiger partial charge is 0.462 e. The van der Waals surface area contributed by atoms with Crippen LogP contribution < -0.4 is 0 Å². The molecule has 0 radical (unpaired) electrons. The monoisotopic (exact) mass is 809 g/mol. The van der Waals surface area contributed by atoms with E-state index in [1.54, 1.807) is 0 Å². The number of allylic oxidation sites excluding steroid dienone is 12. The van der Waals surface area contributed by atoms with Gasteiger partial charge in [-0.2, -0.15) is 0 Å². The molecular formula is C52H88O6. The molecule has 0 saturated heterocycles. The molecule has 0 amide bonds. The minimum Gasteiger partial charge on any atom is -0.462 e. The smallest absolute Gasteiger partial charge is 0.306 e. The first-order chi connectivity index (χ1) is 28.5. The Morgan fingerprint density at radius 3 is 1.16 bits per heavy atom. The van der Waals surface area contributed by atoms with Gasteiger partial charge < -0.3 is 14.2 Å². The van der Waals surface area contributed by atoms with Crippen LogP contribution in [0.15, 0.2) is 72.9 Å². The highest BCUT2D eigenvalue weighted by Crippen LogP contribution is 2.13. The highest BCUT2D eigenvalue weighted by molar-refractivity contribution is 5.71. The van der Waals surface area contributed by atoms with Gasteiger partial charge in [-0.1, -0.05) is 171 Å². The van der Waals surface area contributed by atoms with Gasteiger partial charge in [0.1, 0.15) is 13.2 Å². The van der Waals surface area contributed by atoms with E-state index < -0.39 is 6.10 Å². The molecule has 0 spiro atoms. The Bertz CT molecular complexity index is 1110. The molecule has 0 saturated carbocycles. The lowest BCUT2D eigenvalue weighted by molar-refractivity contribution is -0.167. The van der Waals surface area contributed by atoms with Crippen LogP contribution in [0.4, 0.5) is 0 Å². The maximum absolute atomic E-state index is 12.7. The fourth-order valence-corrected chi connectivity index (χ4v) is 6.31. The van der Waals surface area contributed by atoms with Gasteiger partial charge in [0.15, 0.2) is 6.10 Å². The summed E-state index contributed by atoms with van der Waals surface area (Å²) in [7, 11) is 0. The Balaban J connectivity index is 4.43. The number of ether oxygens (including phenoxy) is 3. The van der Waals surface area contributed by atoms with Crippen molar-refractivity contribution in [2.24, 2.45) is 0 Å². The lowest BCUT2D eigenvalue weighted by Gasteiger charge is -2.18. The summed E-state index contributed by atoms with van der Waals surface area (Å²) in [4.78, 5) is 37.8. The van der Waals surface area contributed by atoms with Gasteiger partial charge in [-0.15, -0.1) is 0 Å². The molecule has 0 aromatic carbocycles. The highest BCUT2D eigenvalue weighted by atomic mass is 16.6. The summed E-state index contributed by atoms with van der Waals surface area (Å²) < 4.78 is 16.7. The predicted octanol–water partition coefficient (Wildman–Crippen LogP) is 15.5. The zero-order valence-corrected chi connectivity index (χ0v) is 37.8. The Hall–Kier alpha value is -3.15. The number of carbonyl (C=O) groups is 3. The number of esters is 3. The molecule has 0 heterocycles. The number of carbonyl (C=O) groups excluding carboxylic acids is 3. The van der Waals surface area contributed by atoms with E-state index in [4.69, 9.17) is 14.2 Å². The topological polar surface area (TPSA) is 78.9 Å².